The van der Waals surface area contributed by atoms with Crippen molar-refractivity contribution in [2.24, 2.45) is 5.14 Å². The monoisotopic (exact) mass is 150 g/mol. The molecule has 0 atom stereocenters. The molecule has 7 heteroatoms. The van der Waals surface area contributed by atoms with E-state index in [9.17, 15) is 0 Å². The lowest BCUT2D eigenvalue weighted by Crippen LogP contribution is -2.08. The molecule has 0 rings (SSSR count). The highest BCUT2D eigenvalue weighted by Gasteiger charge is 1.81. The van der Waals surface area contributed by atoms with Crippen molar-refractivity contribution >= 4 is 22.7 Å². The third-order valence-electron chi connectivity index (χ3n) is 0. The number of rotatable bonds is 0. The van der Waals surface area contributed by atoms with Crippen LogP contribution in [0.25, 0.3) is 0 Å². The predicted molar refractivity (Wildman–Crippen MR) is 28.0 cm³/mol. The van der Waals surface area contributed by atoms with Gasteiger partial charge in [0.15, 0.2) is 0 Å². The molecular formula is H7ClN2O3S. The Morgan fingerprint density at radius 1 is 1.43 bits per heavy atom. The molecule has 0 aliphatic carbocycles. The molecule has 0 amide bonds. The second kappa shape index (κ2) is 4.28. The van der Waals surface area contributed by atoms with Gasteiger partial charge in [0.25, 0.3) is 0 Å². The van der Waals surface area contributed by atoms with Crippen LogP contribution < -0.4 is 11.3 Å². The highest BCUT2D eigenvalue weighted by molar-refractivity contribution is 7.83. The first-order valence-electron chi connectivity index (χ1n) is 0.752. The van der Waals surface area contributed by atoms with E-state index >= 15 is 0 Å². The van der Waals surface area contributed by atoms with Crippen LogP contribution in [-0.4, -0.2) is 13.0 Å². The van der Waals surface area contributed by atoms with Crippen molar-refractivity contribution in [2.45, 2.75) is 0 Å². The Morgan fingerprint density at radius 2 is 1.43 bits per heavy atom. The maximum atomic E-state index is 8.97. The summed E-state index contributed by atoms with van der Waals surface area (Å²) in [5.41, 5.74) is 0. The molecule has 0 aromatic carbocycles. The zero-order valence-electron chi connectivity index (χ0n) is 3.36. The van der Waals surface area contributed by atoms with Gasteiger partial charge in [0.05, 0.1) is 0 Å². The Bertz CT molecular complexity index is 96.1. The molecule has 0 aromatic heterocycles. The van der Waals surface area contributed by atoms with Crippen molar-refractivity contribution in [3.05, 3.63) is 0 Å². The number of hydrogen-bond acceptors (Lipinski definition) is 3. The highest BCUT2D eigenvalue weighted by atomic mass is 35.5. The summed E-state index contributed by atoms with van der Waals surface area (Å²) < 4.78 is 25.2. The van der Waals surface area contributed by atoms with E-state index in [1.54, 1.807) is 0 Å². The zero-order valence-corrected chi connectivity index (χ0v) is 5.00. The lowest BCUT2D eigenvalue weighted by Gasteiger charge is -1.70. The Balaban J connectivity index is -0.0000000800. The van der Waals surface area contributed by atoms with E-state index in [4.69, 9.17) is 13.0 Å². The van der Waals surface area contributed by atoms with Gasteiger partial charge in [-0.1, -0.05) is 0 Å². The minimum atomic E-state index is -4.17. The smallest absolute Gasteiger partial charge is 0.330 e. The second-order valence-electron chi connectivity index (χ2n) is 0.515. The first-order chi connectivity index (χ1) is 2.00. The molecule has 0 aromatic rings. The molecule has 0 saturated carbocycles. The van der Waals surface area contributed by atoms with Crippen LogP contribution in [-0.2, 0) is 10.3 Å². The van der Waals surface area contributed by atoms with Gasteiger partial charge in [0.2, 0.25) is 0 Å². The first-order valence-corrected chi connectivity index (χ1v) is 2.25. The van der Waals surface area contributed by atoms with Gasteiger partial charge >= 0.3 is 10.3 Å². The van der Waals surface area contributed by atoms with Crippen molar-refractivity contribution in [3.63, 3.8) is 0 Å². The number of nitrogens with two attached hydrogens (primary N) is 1. The molecule has 0 unspecified atom stereocenters. The molecule has 0 aliphatic rings. The topological polar surface area (TPSA) is 115 Å². The van der Waals surface area contributed by atoms with Gasteiger partial charge in [0.1, 0.15) is 0 Å². The summed E-state index contributed by atoms with van der Waals surface area (Å²) in [5, 5.41) is 3.88. The van der Waals surface area contributed by atoms with Crippen molar-refractivity contribution in [1.29, 1.82) is 0 Å². The molecule has 0 bridgehead atoms. The lowest BCUT2D eigenvalue weighted by molar-refractivity contribution is 0.485. The van der Waals surface area contributed by atoms with Gasteiger partial charge in [-0.05, 0) is 0 Å². The maximum Gasteiger partial charge on any atom is 0.330 e. The van der Waals surface area contributed by atoms with Crippen molar-refractivity contribution in [3.8, 4) is 0 Å². The average Bonchev–Trinajstić information content (AvgIpc) is 0.722. The maximum absolute atomic E-state index is 8.97. The van der Waals surface area contributed by atoms with Crippen LogP contribution in [0.15, 0.2) is 0 Å². The minimum Gasteiger partial charge on any atom is -0.344 e. The summed E-state index contributed by atoms with van der Waals surface area (Å²) in [5.74, 6) is 0. The summed E-state index contributed by atoms with van der Waals surface area (Å²) in [6.07, 6.45) is 0. The van der Waals surface area contributed by atoms with Crippen molar-refractivity contribution < 1.29 is 13.0 Å². The standard InChI is InChI=1S/ClH.H3NO3S.H3N/c;1-5(2,3)4;/h1H;(H3,1,2,3,4);1H3. The van der Waals surface area contributed by atoms with E-state index in [2.05, 4.69) is 5.14 Å². The van der Waals surface area contributed by atoms with Gasteiger partial charge in [-0.3, -0.25) is 4.55 Å². The molecule has 0 heterocycles. The van der Waals surface area contributed by atoms with Crippen LogP contribution >= 0.6 is 12.4 Å². The molecule has 0 spiro atoms. The van der Waals surface area contributed by atoms with E-state index in [0.29, 0.717) is 0 Å². The van der Waals surface area contributed by atoms with E-state index in [1.807, 2.05) is 0 Å². The number of hydrogen-bond donors (Lipinski definition) is 3. The van der Waals surface area contributed by atoms with E-state index in [0.717, 1.165) is 0 Å². The summed E-state index contributed by atoms with van der Waals surface area (Å²) in [6.45, 7) is 0. The molecular weight excluding hydrogens is 144 g/mol. The molecule has 0 fully saturated rings. The van der Waals surface area contributed by atoms with Crippen LogP contribution in [0.3, 0.4) is 0 Å². The van der Waals surface area contributed by atoms with Crippen LogP contribution in [0.5, 0.6) is 0 Å². The van der Waals surface area contributed by atoms with Crippen LogP contribution in [0.1, 0.15) is 0 Å². The molecule has 5 nitrogen and oxygen atoms in total. The predicted octanol–water partition coefficient (Wildman–Crippen LogP) is -0.668. The Kier molecular flexibility index (Phi) is 9.61. The third kappa shape index (κ3) is 7210. The van der Waals surface area contributed by atoms with Crippen molar-refractivity contribution in [1.82, 2.24) is 6.15 Å². The fourth-order valence-electron chi connectivity index (χ4n) is 0. The van der Waals surface area contributed by atoms with Crippen LogP contribution in [0.4, 0.5) is 0 Å². The largest absolute Gasteiger partial charge is 0.344 e. The van der Waals surface area contributed by atoms with Gasteiger partial charge in [0, 0.05) is 0 Å². The van der Waals surface area contributed by atoms with Crippen LogP contribution in [0, 0.1) is 0 Å². The zero-order chi connectivity index (χ0) is 4.50. The fraction of sp³-hybridized carbons (Fsp3) is 0. The summed E-state index contributed by atoms with van der Waals surface area (Å²) in [4.78, 5) is 0. The fourth-order valence-corrected chi connectivity index (χ4v) is 0. The molecule has 0 radical (unpaired) electrons. The quantitative estimate of drug-likeness (QED) is 0.397. The molecule has 0 aliphatic heterocycles. The highest BCUT2D eigenvalue weighted by Crippen LogP contribution is 1.50. The Hall–Kier alpha value is 0.120. The van der Waals surface area contributed by atoms with Gasteiger partial charge in [-0.25, -0.2) is 5.14 Å². The molecule has 0 saturated heterocycles. The van der Waals surface area contributed by atoms with Gasteiger partial charge in [-0.2, -0.15) is 8.42 Å². The Morgan fingerprint density at radius 3 is 1.43 bits per heavy atom. The Labute approximate surface area is 47.8 Å². The molecule has 7 heavy (non-hydrogen) atoms. The summed E-state index contributed by atoms with van der Waals surface area (Å²) in [7, 11) is -4.17. The lowest BCUT2D eigenvalue weighted by atomic mass is 13.9. The minimum absolute atomic E-state index is 0. The molecule has 48 valence electrons. The van der Waals surface area contributed by atoms with E-state index in [1.165, 1.54) is 0 Å². The first kappa shape index (κ1) is 15.7. The summed E-state index contributed by atoms with van der Waals surface area (Å²) in [6, 6.07) is 0. The van der Waals surface area contributed by atoms with Gasteiger partial charge in [-0.15, -0.1) is 12.4 Å². The van der Waals surface area contributed by atoms with E-state index < -0.39 is 10.3 Å². The molecule has 6 N–H and O–H groups in total. The summed E-state index contributed by atoms with van der Waals surface area (Å²) >= 11 is 0. The SMILES string of the molecule is Cl.N.NS(=O)(=O)O. The van der Waals surface area contributed by atoms with E-state index in [-0.39, 0.29) is 18.6 Å². The normalized spacial score (nSPS) is 8.29. The average molecular weight is 151 g/mol. The number of halogens is 1. The van der Waals surface area contributed by atoms with Gasteiger partial charge < -0.3 is 6.15 Å². The third-order valence-corrected chi connectivity index (χ3v) is 0. The second-order valence-corrected chi connectivity index (χ2v) is 1.54. The van der Waals surface area contributed by atoms with Crippen molar-refractivity contribution in [2.75, 3.05) is 0 Å². The van der Waals surface area contributed by atoms with Crippen LogP contribution in [0.2, 0.25) is 0 Å².